The zero-order valence-corrected chi connectivity index (χ0v) is 25.7. The first-order valence-electron chi connectivity index (χ1n) is 13.1. The van der Waals surface area contributed by atoms with Gasteiger partial charge in [0.15, 0.2) is 5.34 Å². The van der Waals surface area contributed by atoms with Gasteiger partial charge in [0.05, 0.1) is 26.4 Å². The fraction of sp³-hybridized carbons (Fsp3) is 0.536. The Bertz CT molecular complexity index is 1110. The topological polar surface area (TPSA) is 121 Å². The number of hydrogen-bond acceptors (Lipinski definition) is 9. The number of rotatable bonds is 12. The molecule has 220 valence electrons. The van der Waals surface area contributed by atoms with Gasteiger partial charge in [-0.15, -0.1) is 9.81 Å². The minimum Gasteiger partial charge on any atom is -0.481 e. The summed E-state index contributed by atoms with van der Waals surface area (Å²) < 4.78 is 2.96. The van der Waals surface area contributed by atoms with Gasteiger partial charge in [0.25, 0.3) is 0 Å². The number of nitrogens with one attached hydrogen (secondary N) is 1. The van der Waals surface area contributed by atoms with E-state index in [2.05, 4.69) is 25.0 Å². The molecule has 2 aromatic carbocycles. The first kappa shape index (κ1) is 33.8. The summed E-state index contributed by atoms with van der Waals surface area (Å²) >= 11 is 13.8. The van der Waals surface area contributed by atoms with E-state index >= 15 is 0 Å². The molecule has 0 radical (unpaired) electrons. The molecule has 1 unspecified atom stereocenters. The van der Waals surface area contributed by atoms with Gasteiger partial charge in [-0.05, 0) is 77.4 Å². The van der Waals surface area contributed by atoms with Gasteiger partial charge < -0.3 is 20.2 Å². The monoisotopic (exact) mass is 612 g/mol. The third-order valence-corrected chi connectivity index (χ3v) is 8.15. The molecule has 1 aliphatic carbocycles. The molecule has 40 heavy (non-hydrogen) atoms. The number of para-hydroxylation sites is 2. The largest absolute Gasteiger partial charge is 0.481 e. The zero-order valence-electron chi connectivity index (χ0n) is 23.4. The zero-order chi connectivity index (χ0) is 29.8. The Morgan fingerprint density at radius 2 is 1.73 bits per heavy atom. The molecule has 1 atom stereocenters. The number of carboxylic acid groups (broad SMARTS) is 1. The van der Waals surface area contributed by atoms with E-state index in [1.807, 2.05) is 31.3 Å². The molecule has 0 heterocycles. The van der Waals surface area contributed by atoms with Gasteiger partial charge in [0, 0.05) is 28.8 Å². The highest BCUT2D eigenvalue weighted by molar-refractivity contribution is 7.99. The standard InChI is InChI=1S/C24H29Cl2N3O3S.C4H9NO2/c1-29(16-24(33-28-32)13-5-2-6-14-24)15-12-18(23(30)31)17-8-3-4-11-21(17)27-22-19(25)9-7-10-20(22)26;1-4(2,3)7-5-6/h3-4,7-11,18,27H,2,5-6,12-16H2,1H3,(H,30,31);1-3H3. The van der Waals surface area contributed by atoms with Crippen LogP contribution in [0.15, 0.2) is 52.4 Å². The van der Waals surface area contributed by atoms with Crippen molar-refractivity contribution in [1.29, 1.82) is 0 Å². The van der Waals surface area contributed by atoms with E-state index in [-0.39, 0.29) is 4.75 Å². The molecule has 2 N–H and O–H groups in total. The van der Waals surface area contributed by atoms with Crippen LogP contribution < -0.4 is 5.32 Å². The van der Waals surface area contributed by atoms with Gasteiger partial charge in [0.1, 0.15) is 5.60 Å². The fourth-order valence-electron chi connectivity index (χ4n) is 4.66. The lowest BCUT2D eigenvalue weighted by atomic mass is 9.87. The molecule has 0 spiro atoms. The molecule has 0 amide bonds. The minimum absolute atomic E-state index is 0.173. The van der Waals surface area contributed by atoms with Gasteiger partial charge in [-0.1, -0.05) is 66.7 Å². The highest BCUT2D eigenvalue weighted by Crippen LogP contribution is 2.41. The summed E-state index contributed by atoms with van der Waals surface area (Å²) in [7, 11) is 1.98. The Kier molecular flexibility index (Phi) is 13.6. The van der Waals surface area contributed by atoms with Crippen LogP contribution in [0.25, 0.3) is 0 Å². The summed E-state index contributed by atoms with van der Waals surface area (Å²) in [5, 5.41) is 16.4. The fourth-order valence-corrected chi connectivity index (χ4v) is 6.06. The Morgan fingerprint density at radius 1 is 1.10 bits per heavy atom. The van der Waals surface area contributed by atoms with Gasteiger partial charge in [-0.3, -0.25) is 4.79 Å². The summed E-state index contributed by atoms with van der Waals surface area (Å²) in [5.41, 5.74) is 1.45. The summed E-state index contributed by atoms with van der Waals surface area (Å²) in [4.78, 5) is 39.0. The molecular formula is C28H38Cl2N4O5S. The van der Waals surface area contributed by atoms with Crippen LogP contribution in [-0.4, -0.2) is 46.5 Å². The second kappa shape index (κ2) is 16.1. The van der Waals surface area contributed by atoms with Crippen molar-refractivity contribution in [3.05, 3.63) is 67.9 Å². The van der Waals surface area contributed by atoms with Crippen LogP contribution in [0.2, 0.25) is 10.0 Å². The summed E-state index contributed by atoms with van der Waals surface area (Å²) in [6.45, 7) is 6.57. The van der Waals surface area contributed by atoms with E-state index in [0.29, 0.717) is 46.5 Å². The Morgan fingerprint density at radius 3 is 2.25 bits per heavy atom. The van der Waals surface area contributed by atoms with Crippen molar-refractivity contribution in [2.24, 2.45) is 9.92 Å². The minimum atomic E-state index is -0.890. The average Bonchev–Trinajstić information content (AvgIpc) is 2.87. The summed E-state index contributed by atoms with van der Waals surface area (Å²) in [6, 6.07) is 12.5. The molecule has 12 heteroatoms. The molecular weight excluding hydrogens is 575 g/mol. The highest BCUT2D eigenvalue weighted by Gasteiger charge is 2.35. The molecule has 1 fully saturated rings. The van der Waals surface area contributed by atoms with Crippen LogP contribution in [0.3, 0.4) is 0 Å². The molecule has 9 nitrogen and oxygen atoms in total. The van der Waals surface area contributed by atoms with Crippen molar-refractivity contribution >= 4 is 52.5 Å². The number of halogens is 2. The Balaban J connectivity index is 0.000000708. The quantitative estimate of drug-likeness (QED) is 0.138. The normalized spacial score (nSPS) is 15.4. The summed E-state index contributed by atoms with van der Waals surface area (Å²) in [5.74, 6) is -1.60. The Hall–Kier alpha value is -2.40. The SMILES string of the molecule is CC(C)(C)ON=O.CN(CCC(C(=O)O)c1ccccc1Nc1c(Cl)cccc1Cl)CC1(SN=O)CCCCC1. The molecule has 0 aromatic heterocycles. The van der Waals surface area contributed by atoms with Gasteiger partial charge in [0.2, 0.25) is 0 Å². The maximum atomic E-state index is 12.2. The summed E-state index contributed by atoms with van der Waals surface area (Å²) in [6.07, 6.45) is 5.72. The van der Waals surface area contributed by atoms with Crippen molar-refractivity contribution < 1.29 is 14.7 Å². The van der Waals surface area contributed by atoms with Crippen molar-refractivity contribution in [1.82, 2.24) is 4.90 Å². The molecule has 0 bridgehead atoms. The van der Waals surface area contributed by atoms with Gasteiger partial charge in [-0.2, -0.15) is 0 Å². The number of nitroso groups, excluding NO2 is 1. The molecule has 1 aliphatic rings. The number of anilines is 2. The second-order valence-electron chi connectivity index (χ2n) is 10.9. The lowest BCUT2D eigenvalue weighted by molar-refractivity contribution is -0.139. The molecule has 2 aromatic rings. The molecule has 0 aliphatic heterocycles. The van der Waals surface area contributed by atoms with E-state index in [0.717, 1.165) is 37.6 Å². The number of aliphatic carboxylic acids is 1. The third-order valence-electron chi connectivity index (χ3n) is 6.52. The predicted molar refractivity (Wildman–Crippen MR) is 165 cm³/mol. The number of carboxylic acids is 1. The average molecular weight is 614 g/mol. The second-order valence-corrected chi connectivity index (χ2v) is 12.9. The van der Waals surface area contributed by atoms with Crippen molar-refractivity contribution in [2.45, 2.75) is 75.6 Å². The van der Waals surface area contributed by atoms with E-state index in [1.165, 1.54) is 6.42 Å². The van der Waals surface area contributed by atoms with Crippen molar-refractivity contribution in [3.8, 4) is 0 Å². The number of nitrogens with zero attached hydrogens (tertiary/aromatic N) is 3. The maximum absolute atomic E-state index is 12.2. The van der Waals surface area contributed by atoms with E-state index in [4.69, 9.17) is 23.2 Å². The number of benzene rings is 2. The first-order valence-corrected chi connectivity index (χ1v) is 14.7. The van der Waals surface area contributed by atoms with Crippen LogP contribution in [-0.2, 0) is 9.63 Å². The highest BCUT2D eigenvalue weighted by atomic mass is 35.5. The molecule has 0 saturated heterocycles. The third kappa shape index (κ3) is 10.9. The predicted octanol–water partition coefficient (Wildman–Crippen LogP) is 8.83. The van der Waals surface area contributed by atoms with Crippen LogP contribution in [0, 0.1) is 9.81 Å². The van der Waals surface area contributed by atoms with Crippen molar-refractivity contribution in [3.63, 3.8) is 0 Å². The van der Waals surface area contributed by atoms with Crippen LogP contribution in [0.4, 0.5) is 11.4 Å². The van der Waals surface area contributed by atoms with Gasteiger partial charge >= 0.3 is 5.97 Å². The van der Waals surface area contributed by atoms with Crippen LogP contribution >= 0.6 is 35.1 Å². The van der Waals surface area contributed by atoms with E-state index in [1.54, 1.807) is 39.0 Å². The molecule has 1 saturated carbocycles. The Labute approximate surface area is 250 Å². The smallest absolute Gasteiger partial charge is 0.311 e. The molecule has 3 rings (SSSR count). The van der Waals surface area contributed by atoms with Crippen LogP contribution in [0.1, 0.15) is 70.8 Å². The van der Waals surface area contributed by atoms with Crippen LogP contribution in [0.5, 0.6) is 0 Å². The number of hydrogen-bond donors (Lipinski definition) is 2. The van der Waals surface area contributed by atoms with E-state index in [9.17, 15) is 19.7 Å². The lowest BCUT2D eigenvalue weighted by Gasteiger charge is -2.37. The lowest BCUT2D eigenvalue weighted by Crippen LogP contribution is -2.41. The van der Waals surface area contributed by atoms with Crippen molar-refractivity contribution in [2.75, 3.05) is 25.5 Å². The number of carbonyl (C=O) groups is 1. The maximum Gasteiger partial charge on any atom is 0.311 e. The van der Waals surface area contributed by atoms with Gasteiger partial charge in [-0.25, -0.2) is 0 Å². The van der Waals surface area contributed by atoms with E-state index < -0.39 is 17.5 Å². The first-order chi connectivity index (χ1) is 18.9.